The summed E-state index contributed by atoms with van der Waals surface area (Å²) in [6.07, 6.45) is 4.89. The number of aryl methyl sites for hydroxylation is 1. The van der Waals surface area contributed by atoms with Gasteiger partial charge in [-0.05, 0) is 46.3 Å². The first-order valence-electron chi connectivity index (χ1n) is 23.2. The topological polar surface area (TPSA) is 220 Å². The van der Waals surface area contributed by atoms with Crippen LogP contribution < -0.4 is 10.1 Å². The smallest absolute Gasteiger partial charge is 0.312 e. The number of phenols is 3. The number of hydrazone groups is 1. The number of aliphatic hydroxyl groups excluding tert-OH is 2. The van der Waals surface area contributed by atoms with Gasteiger partial charge in [-0.3, -0.25) is 24.3 Å². The Labute approximate surface area is 398 Å². The molecule has 368 valence electrons. The molecule has 1 amide bonds. The summed E-state index contributed by atoms with van der Waals surface area (Å²) in [6.45, 7) is 20.7. The van der Waals surface area contributed by atoms with Gasteiger partial charge in [0, 0.05) is 80.8 Å². The lowest BCUT2D eigenvalue weighted by Crippen LogP contribution is -2.54. The molecule has 4 heterocycles. The first-order chi connectivity index (χ1) is 32.0. The molecule has 0 aromatic heterocycles. The van der Waals surface area contributed by atoms with Gasteiger partial charge in [-0.1, -0.05) is 75.8 Å². The number of methoxy groups -OCH3 is 1. The van der Waals surface area contributed by atoms with Crippen molar-refractivity contribution in [2.45, 2.75) is 125 Å². The number of rotatable bonds is 6. The first-order valence-corrected chi connectivity index (χ1v) is 23.2. The third kappa shape index (κ3) is 10.2. The molecule has 16 nitrogen and oxygen atoms in total. The molecule has 0 saturated carbocycles. The number of carbonyl (C=O) groups excluding carboxylic acids is 3. The molecule has 0 unspecified atom stereocenters. The Kier molecular flexibility index (Phi) is 15.7. The van der Waals surface area contributed by atoms with Crippen LogP contribution in [0.25, 0.3) is 10.8 Å². The Hall–Kier alpha value is -5.94. The van der Waals surface area contributed by atoms with E-state index in [1.807, 2.05) is 25.8 Å². The zero-order valence-electron chi connectivity index (χ0n) is 41.1. The second-order valence-electron chi connectivity index (χ2n) is 19.1. The van der Waals surface area contributed by atoms with Crippen LogP contribution in [0.15, 0.2) is 65.5 Å². The predicted octanol–water partition coefficient (Wildman–Crippen LogP) is 6.99. The van der Waals surface area contributed by atoms with Gasteiger partial charge in [-0.25, -0.2) is 0 Å². The second kappa shape index (κ2) is 20.7. The Balaban J connectivity index is 1.48. The molecule has 0 spiro atoms. The van der Waals surface area contributed by atoms with Crippen LogP contribution in [0.5, 0.6) is 23.0 Å². The maximum absolute atomic E-state index is 14.7. The maximum atomic E-state index is 14.7. The Bertz CT molecular complexity index is 2510. The van der Waals surface area contributed by atoms with Crippen molar-refractivity contribution >= 4 is 40.3 Å². The number of hydrogen-bond acceptors (Lipinski definition) is 15. The van der Waals surface area contributed by atoms with Crippen LogP contribution >= 0.6 is 0 Å². The van der Waals surface area contributed by atoms with Gasteiger partial charge in [0.1, 0.15) is 23.4 Å². The molecule has 1 saturated heterocycles. The minimum absolute atomic E-state index is 0.0501. The lowest BCUT2D eigenvalue weighted by Gasteiger charge is -2.42. The van der Waals surface area contributed by atoms with E-state index in [1.54, 1.807) is 39.8 Å². The molecular weight excluding hydrogens is 873 g/mol. The summed E-state index contributed by atoms with van der Waals surface area (Å²) in [7, 11) is 1.44. The van der Waals surface area contributed by atoms with E-state index in [1.165, 1.54) is 70.6 Å². The number of piperazine rings is 1. The van der Waals surface area contributed by atoms with Gasteiger partial charge in [-0.15, -0.1) is 0 Å². The molecule has 16 heteroatoms. The Morgan fingerprint density at radius 2 is 1.54 bits per heavy atom. The number of ether oxygens (including phenoxy) is 4. The van der Waals surface area contributed by atoms with Crippen LogP contribution in [0.2, 0.25) is 0 Å². The van der Waals surface area contributed by atoms with Crippen molar-refractivity contribution in [3.8, 4) is 23.0 Å². The summed E-state index contributed by atoms with van der Waals surface area (Å²) in [4.78, 5) is 43.4. The van der Waals surface area contributed by atoms with Gasteiger partial charge in [0.2, 0.25) is 0 Å². The number of nitrogens with one attached hydrogen (secondary N) is 1. The minimum atomic E-state index is -2.07. The van der Waals surface area contributed by atoms with Gasteiger partial charge in [0.25, 0.3) is 11.7 Å². The molecule has 5 bridgehead atoms. The van der Waals surface area contributed by atoms with E-state index in [9.17, 15) is 39.9 Å². The number of nitrogens with zero attached hydrogens (tertiary/aromatic N) is 3. The Morgan fingerprint density at radius 3 is 2.16 bits per heavy atom. The van der Waals surface area contributed by atoms with Crippen LogP contribution in [0.3, 0.4) is 0 Å². The van der Waals surface area contributed by atoms with E-state index >= 15 is 0 Å². The normalized spacial score (nSPS) is 29.9. The van der Waals surface area contributed by atoms with Gasteiger partial charge >= 0.3 is 11.8 Å². The number of aliphatic hydroxyl groups is 2. The molecule has 3 aromatic rings. The standard InChI is InChI=1S/C52H68N4O12/c1-26-16-18-36(19-17-26)25-55-23-29(4)56(30(5)24-55)53-22-37-42-47(62)40-39(46(37)61)41-49(34(9)45(40)60)68-52(11,50(41)63)66-21-20-38(65-12)31(6)48(67-35(10)57)33(8)44(59)32(7)43(58)27(2)14-13-15-28(3)51(64)54-42/h13-22,27,29-33,38,43-44,48,58-62H,23-25H2,1-12H3,(H,54,64)/t27-,29-,30+,31+,32-,33-,38+,43-,44-,48+,52-/m0/s1. The molecule has 68 heavy (non-hydrogen) atoms. The lowest BCUT2D eigenvalue weighted by atomic mass is 9.78. The summed E-state index contributed by atoms with van der Waals surface area (Å²) >= 11 is 0. The van der Waals surface area contributed by atoms with E-state index < -0.39 is 88.8 Å². The number of carbonyl (C=O) groups is 3. The van der Waals surface area contributed by atoms with Crippen molar-refractivity contribution in [3.05, 3.63) is 88.2 Å². The summed E-state index contributed by atoms with van der Waals surface area (Å²) < 4.78 is 23.8. The van der Waals surface area contributed by atoms with E-state index in [2.05, 4.69) is 34.5 Å². The molecule has 7 rings (SSSR count). The molecule has 4 aliphatic rings. The van der Waals surface area contributed by atoms with Gasteiger partial charge in [-0.2, -0.15) is 5.10 Å². The van der Waals surface area contributed by atoms with Gasteiger partial charge in [0.15, 0.2) is 5.75 Å². The molecular formula is C52H68N4O12. The van der Waals surface area contributed by atoms with Crippen LogP contribution in [0, 0.1) is 37.5 Å². The largest absolute Gasteiger partial charge is 0.507 e. The fourth-order valence-corrected chi connectivity index (χ4v) is 9.73. The fraction of sp³-hybridized carbons (Fsp3) is 0.500. The third-order valence-electron chi connectivity index (χ3n) is 13.8. The third-order valence-corrected chi connectivity index (χ3v) is 13.8. The number of hydrogen-bond donors (Lipinski definition) is 6. The lowest BCUT2D eigenvalue weighted by molar-refractivity contribution is -0.160. The van der Waals surface area contributed by atoms with Crippen molar-refractivity contribution in [2.75, 3.05) is 25.5 Å². The second-order valence-corrected chi connectivity index (χ2v) is 19.1. The number of ketones is 1. The number of anilines is 1. The molecule has 1 fully saturated rings. The molecule has 4 aliphatic heterocycles. The highest BCUT2D eigenvalue weighted by atomic mass is 16.7. The number of allylic oxidation sites excluding steroid dienone is 2. The number of esters is 1. The molecule has 6 N–H and O–H groups in total. The average molecular weight is 941 g/mol. The molecule has 3 aromatic carbocycles. The highest BCUT2D eigenvalue weighted by molar-refractivity contribution is 6.23. The first kappa shape index (κ1) is 51.5. The van der Waals surface area contributed by atoms with E-state index in [-0.39, 0.29) is 56.6 Å². The zero-order valence-corrected chi connectivity index (χ0v) is 41.1. The molecule has 0 aliphatic carbocycles. The minimum Gasteiger partial charge on any atom is -0.507 e. The SMILES string of the molecule is CO[C@@H]1C=CO[C@@]2(C)Oc3c(C)c(O)c4c(O)c(c(C=NN5[C@H](C)CN(Cc6ccc(C)cc6)C[C@@H]5C)c(O)c4c3C2=O)NC(=O)C(C)=CC=C[C@H](C)[C@H](O)[C@H](C)[C@H](O)[C@H](C)[C@H](OC(C)=O)[C@@H]1C. The number of Topliss-reactive ketones (excluding diaryl/α,β-unsaturated/α-hetero) is 1. The maximum Gasteiger partial charge on any atom is 0.312 e. The highest BCUT2D eigenvalue weighted by Crippen LogP contribution is 2.55. The summed E-state index contributed by atoms with van der Waals surface area (Å²) in [5, 5.41) is 68.2. The number of phenolic OH excluding ortho intramolecular Hbond substituents is 3. The monoisotopic (exact) mass is 940 g/mol. The number of benzene rings is 3. The van der Waals surface area contributed by atoms with Gasteiger partial charge < -0.3 is 49.8 Å². The van der Waals surface area contributed by atoms with E-state index in [0.29, 0.717) is 13.1 Å². The van der Waals surface area contributed by atoms with E-state index in [4.69, 9.17) is 24.0 Å². The average Bonchev–Trinajstić information content (AvgIpc) is 3.55. The van der Waals surface area contributed by atoms with Gasteiger partial charge in [0.05, 0.1) is 65.1 Å². The Morgan fingerprint density at radius 1 is 0.897 bits per heavy atom. The number of aromatic hydroxyl groups is 3. The van der Waals surface area contributed by atoms with Crippen LogP contribution in [-0.4, -0.2) is 122 Å². The highest BCUT2D eigenvalue weighted by Gasteiger charge is 2.50. The fourth-order valence-electron chi connectivity index (χ4n) is 9.73. The van der Waals surface area contributed by atoms with Crippen molar-refractivity contribution in [1.82, 2.24) is 9.91 Å². The molecule has 0 radical (unpaired) electrons. The number of amides is 1. The van der Waals surface area contributed by atoms with Crippen LogP contribution in [0.4, 0.5) is 5.69 Å². The van der Waals surface area contributed by atoms with Crippen molar-refractivity contribution in [1.29, 1.82) is 0 Å². The number of fused-ring (bicyclic) bond motifs is 14. The summed E-state index contributed by atoms with van der Waals surface area (Å²) in [5.41, 5.74) is 1.97. The molecule has 11 atom stereocenters. The summed E-state index contributed by atoms with van der Waals surface area (Å²) in [5.74, 6) is -8.46. The van der Waals surface area contributed by atoms with Crippen molar-refractivity contribution < 1.29 is 58.9 Å². The quantitative estimate of drug-likeness (QED) is 0.0635. The van der Waals surface area contributed by atoms with E-state index in [0.717, 1.165) is 6.54 Å². The summed E-state index contributed by atoms with van der Waals surface area (Å²) in [6, 6.07) is 8.19. The van der Waals surface area contributed by atoms with Crippen LogP contribution in [0.1, 0.15) is 94.9 Å². The van der Waals surface area contributed by atoms with Crippen molar-refractivity contribution in [2.24, 2.45) is 28.8 Å². The zero-order chi connectivity index (χ0) is 50.1. The predicted molar refractivity (Wildman–Crippen MR) is 259 cm³/mol. The van der Waals surface area contributed by atoms with Crippen LogP contribution in [-0.2, 0) is 30.3 Å². The van der Waals surface area contributed by atoms with Crippen molar-refractivity contribution in [3.63, 3.8) is 0 Å².